The Labute approximate surface area is 76.4 Å². The molecule has 0 atom stereocenters. The van der Waals surface area contributed by atoms with Crippen LogP contribution in [-0.2, 0) is 0 Å². The highest BCUT2D eigenvalue weighted by Gasteiger charge is 1.95. The van der Waals surface area contributed by atoms with E-state index in [1.165, 1.54) is 0 Å². The van der Waals surface area contributed by atoms with E-state index in [4.69, 9.17) is 0 Å². The van der Waals surface area contributed by atoms with Crippen LogP contribution in [-0.4, -0.2) is 0 Å². The predicted molar refractivity (Wildman–Crippen MR) is 37.0 cm³/mol. The highest BCUT2D eigenvalue weighted by atomic mass is 35.5. The Morgan fingerprint density at radius 3 is 1.25 bits per heavy atom. The lowest BCUT2D eigenvalue weighted by atomic mass is 11.1. The molecule has 0 rings (SSSR count). The Morgan fingerprint density at radius 1 is 1.08 bits per heavy atom. The van der Waals surface area contributed by atoms with Gasteiger partial charge in [-0.2, -0.15) is 22.0 Å². The highest BCUT2D eigenvalue weighted by molar-refractivity contribution is 6.28. The fourth-order valence-corrected chi connectivity index (χ4v) is 0. The first-order valence-electron chi connectivity index (χ1n) is 1.89. The SMILES string of the molecule is Cl.FC(F)=C(F)Cl.FC=C(F)F.[HH]. The largest absolute Gasteiger partial charge is 0.317 e. The Balaban J connectivity index is -0.0000000546. The van der Waals surface area contributed by atoms with Crippen molar-refractivity contribution in [1.82, 2.24) is 0 Å². The molecular formula is C4H4Cl2F6. The predicted octanol–water partition coefficient (Wildman–Crippen LogP) is 4.62. The number of hydrogen-bond acceptors (Lipinski definition) is 0. The molecule has 0 bridgehead atoms. The fraction of sp³-hybridized carbons (Fsp3) is 0. The van der Waals surface area contributed by atoms with E-state index in [1.807, 2.05) is 0 Å². The summed E-state index contributed by atoms with van der Waals surface area (Å²) in [5.41, 5.74) is 0. The van der Waals surface area contributed by atoms with E-state index in [9.17, 15) is 26.3 Å². The van der Waals surface area contributed by atoms with E-state index < -0.39 is 23.8 Å². The van der Waals surface area contributed by atoms with Gasteiger partial charge in [0.2, 0.25) is 0 Å². The van der Waals surface area contributed by atoms with Crippen molar-refractivity contribution in [3.63, 3.8) is 0 Å². The lowest BCUT2D eigenvalue weighted by Gasteiger charge is -1.70. The first kappa shape index (κ1) is 17.7. The summed E-state index contributed by atoms with van der Waals surface area (Å²) < 4.78 is 62.5. The van der Waals surface area contributed by atoms with Crippen LogP contribution in [0.3, 0.4) is 0 Å². The van der Waals surface area contributed by atoms with Crippen LogP contribution < -0.4 is 0 Å². The third kappa shape index (κ3) is 22.6. The van der Waals surface area contributed by atoms with Crippen LogP contribution in [0, 0.1) is 0 Å². The molecule has 76 valence electrons. The van der Waals surface area contributed by atoms with Crippen LogP contribution in [0.4, 0.5) is 26.3 Å². The molecular weight excluding hydrogens is 233 g/mol. The number of rotatable bonds is 0. The zero-order valence-corrected chi connectivity index (χ0v) is 6.70. The van der Waals surface area contributed by atoms with Gasteiger partial charge in [-0.05, 0) is 11.6 Å². The zero-order valence-electron chi connectivity index (χ0n) is 5.13. The van der Waals surface area contributed by atoms with Gasteiger partial charge in [0.15, 0.2) is 6.33 Å². The smallest absolute Gasteiger partial charge is 0.210 e. The molecule has 8 heteroatoms. The second kappa shape index (κ2) is 10.6. The lowest BCUT2D eigenvalue weighted by Crippen LogP contribution is -1.54. The summed E-state index contributed by atoms with van der Waals surface area (Å²) in [6.45, 7) is 0. The van der Waals surface area contributed by atoms with Crippen molar-refractivity contribution in [2.45, 2.75) is 0 Å². The van der Waals surface area contributed by atoms with E-state index in [2.05, 4.69) is 11.6 Å². The molecule has 0 fully saturated rings. The minimum Gasteiger partial charge on any atom is -0.210 e. The summed E-state index contributed by atoms with van der Waals surface area (Å²) in [7, 11) is 0. The number of halogens is 8. The molecule has 0 spiro atoms. The average molecular weight is 237 g/mol. The van der Waals surface area contributed by atoms with Gasteiger partial charge in [0.05, 0.1) is 0 Å². The Hall–Kier alpha value is -0.360. The van der Waals surface area contributed by atoms with Crippen LogP contribution in [0.1, 0.15) is 1.43 Å². The molecule has 0 radical (unpaired) electrons. The van der Waals surface area contributed by atoms with Gasteiger partial charge in [-0.3, -0.25) is 0 Å². The first-order chi connectivity index (χ1) is 4.91. The van der Waals surface area contributed by atoms with Crippen LogP contribution in [0.25, 0.3) is 0 Å². The second-order valence-corrected chi connectivity index (χ2v) is 1.25. The molecule has 0 aromatic heterocycles. The topological polar surface area (TPSA) is 0 Å². The van der Waals surface area contributed by atoms with Gasteiger partial charge in [0.25, 0.3) is 11.4 Å². The molecule has 12 heavy (non-hydrogen) atoms. The first-order valence-corrected chi connectivity index (χ1v) is 2.27. The second-order valence-electron chi connectivity index (χ2n) is 0.920. The van der Waals surface area contributed by atoms with Gasteiger partial charge in [0, 0.05) is 1.43 Å². The summed E-state index contributed by atoms with van der Waals surface area (Å²) in [5, 5.41) is -1.94. The van der Waals surface area contributed by atoms with Crippen molar-refractivity contribution >= 4 is 24.0 Å². The minimum atomic E-state index is -2.48. The Kier molecular flexibility index (Phi) is 15.7. The van der Waals surface area contributed by atoms with Gasteiger partial charge >= 0.3 is 6.08 Å². The van der Waals surface area contributed by atoms with Crippen molar-refractivity contribution in [1.29, 1.82) is 0 Å². The monoisotopic (exact) mass is 236 g/mol. The van der Waals surface area contributed by atoms with Crippen molar-refractivity contribution in [3.05, 3.63) is 23.8 Å². The third-order valence-electron chi connectivity index (χ3n) is 0.225. The van der Waals surface area contributed by atoms with Crippen molar-refractivity contribution < 1.29 is 27.8 Å². The van der Waals surface area contributed by atoms with E-state index >= 15 is 0 Å². The zero-order chi connectivity index (χ0) is 9.44. The highest BCUT2D eigenvalue weighted by Crippen LogP contribution is 2.11. The van der Waals surface area contributed by atoms with E-state index in [0.717, 1.165) is 0 Å². The number of hydrogen-bond donors (Lipinski definition) is 0. The van der Waals surface area contributed by atoms with Gasteiger partial charge < -0.3 is 0 Å². The third-order valence-corrected chi connectivity index (χ3v) is 0.368. The molecule has 0 N–H and O–H groups in total. The van der Waals surface area contributed by atoms with Crippen LogP contribution in [0.2, 0.25) is 0 Å². The minimum absolute atomic E-state index is 0. The van der Waals surface area contributed by atoms with Crippen molar-refractivity contribution in [2.75, 3.05) is 0 Å². The van der Waals surface area contributed by atoms with Gasteiger partial charge in [-0.25, -0.2) is 4.39 Å². The maximum Gasteiger partial charge on any atom is 0.317 e. The normalized spacial score (nSPS) is 6.92. The molecule has 0 aliphatic carbocycles. The van der Waals surface area contributed by atoms with E-state index in [0.29, 0.717) is 0 Å². The summed E-state index contributed by atoms with van der Waals surface area (Å²) in [4.78, 5) is 0. The molecule has 0 aliphatic heterocycles. The standard InChI is InChI=1S/C2ClF3.C2HF3.ClH.H2/c3-1(4)2(5)6;3-1-2(4)5;;/h;1H;2*1H. The van der Waals surface area contributed by atoms with Gasteiger partial charge in [0.1, 0.15) is 0 Å². The summed E-state index contributed by atoms with van der Waals surface area (Å²) >= 11 is 4.08. The molecule has 0 saturated heterocycles. The molecule has 0 aromatic carbocycles. The molecule has 0 nitrogen and oxygen atoms in total. The van der Waals surface area contributed by atoms with E-state index in [-0.39, 0.29) is 13.8 Å². The Morgan fingerprint density at radius 2 is 1.25 bits per heavy atom. The lowest BCUT2D eigenvalue weighted by molar-refractivity contribution is 0.393. The van der Waals surface area contributed by atoms with Crippen LogP contribution in [0.15, 0.2) is 23.8 Å². The maximum absolute atomic E-state index is 10.7. The molecule has 0 saturated carbocycles. The summed E-state index contributed by atoms with van der Waals surface area (Å²) in [6, 6.07) is 0. The molecule has 0 unspecified atom stereocenters. The molecule has 0 aliphatic rings. The van der Waals surface area contributed by atoms with Gasteiger partial charge in [-0.1, -0.05) is 0 Å². The average Bonchev–Trinajstić information content (AvgIpc) is 1.89. The van der Waals surface area contributed by atoms with E-state index in [1.54, 1.807) is 0 Å². The summed E-state index contributed by atoms with van der Waals surface area (Å²) in [5.74, 6) is 0. The van der Waals surface area contributed by atoms with Crippen molar-refractivity contribution in [3.8, 4) is 0 Å². The van der Waals surface area contributed by atoms with Crippen LogP contribution in [0.5, 0.6) is 0 Å². The quantitative estimate of drug-likeness (QED) is 0.539. The molecule has 0 amide bonds. The fourth-order valence-electron chi connectivity index (χ4n) is 0. The molecule has 0 aromatic rings. The van der Waals surface area contributed by atoms with Gasteiger partial charge in [-0.15, -0.1) is 12.4 Å². The Bertz CT molecular complexity index is 148. The molecule has 0 heterocycles. The van der Waals surface area contributed by atoms with Crippen LogP contribution >= 0.6 is 24.0 Å². The summed E-state index contributed by atoms with van der Waals surface area (Å²) in [6.07, 6.45) is -5.51. The maximum atomic E-state index is 10.7. The van der Waals surface area contributed by atoms with Crippen molar-refractivity contribution in [2.24, 2.45) is 0 Å².